The van der Waals surface area contributed by atoms with E-state index in [4.69, 9.17) is 4.74 Å². The molecule has 1 fully saturated rings. The third kappa shape index (κ3) is 5.98. The minimum absolute atomic E-state index is 0.119. The molecule has 1 aliphatic rings. The lowest BCUT2D eigenvalue weighted by Gasteiger charge is -2.28. The average Bonchev–Trinajstić information content (AvgIpc) is 3.29. The Morgan fingerprint density at radius 1 is 1.14 bits per heavy atom. The number of nitrogens with zero attached hydrogens (tertiary/aromatic N) is 2. The molecular weight excluding hydrogens is 460 g/mol. The second-order valence-corrected chi connectivity index (χ2v) is 9.74. The summed E-state index contributed by atoms with van der Waals surface area (Å²) < 4.78 is 7.17. The second kappa shape index (κ2) is 11.3. The van der Waals surface area contributed by atoms with Gasteiger partial charge in [-0.3, -0.25) is 4.79 Å². The van der Waals surface area contributed by atoms with Gasteiger partial charge in [0.1, 0.15) is 17.4 Å². The van der Waals surface area contributed by atoms with E-state index in [-0.39, 0.29) is 11.5 Å². The van der Waals surface area contributed by atoms with Crippen molar-refractivity contribution in [1.29, 1.82) is 0 Å². The Bertz CT molecular complexity index is 1250. The normalized spacial score (nSPS) is 14.9. The van der Waals surface area contributed by atoms with Crippen molar-refractivity contribution in [3.63, 3.8) is 0 Å². The molecule has 0 saturated carbocycles. The zero-order chi connectivity index (χ0) is 24.8. The van der Waals surface area contributed by atoms with Crippen molar-refractivity contribution in [2.45, 2.75) is 46.1 Å². The number of ether oxygens (including phenoxy) is 1. The summed E-state index contributed by atoms with van der Waals surface area (Å²) in [6.45, 7) is 5.49. The molecular formula is C28H30N2O4S. The van der Waals surface area contributed by atoms with Crippen LogP contribution in [0, 0.1) is 6.92 Å². The Morgan fingerprint density at radius 3 is 2.63 bits per heavy atom. The monoisotopic (exact) mass is 490 g/mol. The van der Waals surface area contributed by atoms with Crippen molar-refractivity contribution >= 4 is 39.0 Å². The lowest BCUT2D eigenvalue weighted by molar-refractivity contribution is -0.132. The molecule has 1 aromatic heterocycles. The number of amides is 1. The average molecular weight is 491 g/mol. The molecule has 0 spiro atoms. The minimum Gasteiger partial charge on any atom is -0.486 e. The van der Waals surface area contributed by atoms with Crippen LogP contribution in [0.1, 0.15) is 48.7 Å². The number of carboxylic acid groups (broad SMARTS) is 1. The quantitative estimate of drug-likeness (QED) is 0.309. The number of aromatic nitrogens is 1. The number of carbonyl (C=O) groups excluding carboxylic acids is 1. The second-order valence-electron chi connectivity index (χ2n) is 8.62. The first-order valence-corrected chi connectivity index (χ1v) is 12.8. The molecule has 1 N–H and O–H groups in total. The molecule has 0 unspecified atom stereocenters. The van der Waals surface area contributed by atoms with E-state index in [9.17, 15) is 14.7 Å². The Balaban J connectivity index is 1.66. The van der Waals surface area contributed by atoms with Crippen molar-refractivity contribution in [3.05, 3.63) is 76.3 Å². The molecule has 0 bridgehead atoms. The number of fused-ring (bicyclic) bond motifs is 1. The van der Waals surface area contributed by atoms with Gasteiger partial charge in [0.2, 0.25) is 0 Å². The number of hydrogen-bond donors (Lipinski definition) is 1. The summed E-state index contributed by atoms with van der Waals surface area (Å²) in [5, 5.41) is 10.6. The highest BCUT2D eigenvalue weighted by Gasteiger charge is 2.24. The van der Waals surface area contributed by atoms with Crippen LogP contribution in [0.5, 0.6) is 5.75 Å². The number of rotatable bonds is 8. The SMILES string of the molecule is CC/C=C(/C=C(/C(=O)N1CCCCC1)c1cc(OCc2nc3ccccc3s2)ccc1C)C(=O)O. The zero-order valence-corrected chi connectivity index (χ0v) is 20.9. The number of para-hydroxylation sites is 1. The van der Waals surface area contributed by atoms with E-state index >= 15 is 0 Å². The minimum atomic E-state index is -1.04. The molecule has 1 saturated heterocycles. The van der Waals surface area contributed by atoms with E-state index in [0.29, 0.717) is 43.0 Å². The van der Waals surface area contributed by atoms with Crippen molar-refractivity contribution in [1.82, 2.24) is 9.88 Å². The van der Waals surface area contributed by atoms with Crippen LogP contribution in [0.25, 0.3) is 15.8 Å². The van der Waals surface area contributed by atoms with Crippen molar-refractivity contribution in [3.8, 4) is 5.75 Å². The number of piperidine rings is 1. The van der Waals surface area contributed by atoms with Gasteiger partial charge in [-0.05, 0) is 74.1 Å². The lowest BCUT2D eigenvalue weighted by Crippen LogP contribution is -2.36. The fourth-order valence-corrected chi connectivity index (χ4v) is 5.09. The van der Waals surface area contributed by atoms with Crippen LogP contribution in [0.15, 0.2) is 60.2 Å². The molecule has 6 nitrogen and oxygen atoms in total. The van der Waals surface area contributed by atoms with E-state index in [2.05, 4.69) is 4.98 Å². The zero-order valence-electron chi connectivity index (χ0n) is 20.1. The standard InChI is InChI=1S/C28H30N2O4S/c1-3-9-20(28(32)33)16-23(27(31)30-14-7-4-8-15-30)22-17-21(13-12-19(22)2)34-18-26-29-24-10-5-6-11-25(24)35-26/h5-6,9-13,16-17H,3-4,7-8,14-15,18H2,1-2H3,(H,32,33)/b20-9-,23-16+. The van der Waals surface area contributed by atoms with Crippen LogP contribution in [-0.2, 0) is 16.2 Å². The van der Waals surface area contributed by atoms with Crippen molar-refractivity contribution in [2.75, 3.05) is 13.1 Å². The number of hydrogen-bond acceptors (Lipinski definition) is 5. The van der Waals surface area contributed by atoms with E-state index in [1.54, 1.807) is 17.4 Å². The van der Waals surface area contributed by atoms with Crippen molar-refractivity contribution in [2.24, 2.45) is 0 Å². The Kier molecular flexibility index (Phi) is 7.98. The summed E-state index contributed by atoms with van der Waals surface area (Å²) in [7, 11) is 0. The van der Waals surface area contributed by atoms with Gasteiger partial charge < -0.3 is 14.7 Å². The van der Waals surface area contributed by atoms with Crippen LogP contribution >= 0.6 is 11.3 Å². The summed E-state index contributed by atoms with van der Waals surface area (Å²) in [6.07, 6.45) is 6.73. The summed E-state index contributed by atoms with van der Waals surface area (Å²) in [4.78, 5) is 31.9. The smallest absolute Gasteiger partial charge is 0.335 e. The number of carbonyl (C=O) groups is 2. The van der Waals surface area contributed by atoms with E-state index in [0.717, 1.165) is 40.1 Å². The van der Waals surface area contributed by atoms with Crippen LogP contribution in [0.2, 0.25) is 0 Å². The molecule has 3 aromatic rings. The summed E-state index contributed by atoms with van der Waals surface area (Å²) in [6, 6.07) is 13.6. The number of thiazole rings is 1. The number of aryl methyl sites for hydroxylation is 1. The molecule has 0 aliphatic carbocycles. The van der Waals surface area contributed by atoms with E-state index in [1.807, 2.05) is 61.2 Å². The summed E-state index contributed by atoms with van der Waals surface area (Å²) in [5.41, 5.74) is 3.02. The topological polar surface area (TPSA) is 79.7 Å². The highest BCUT2D eigenvalue weighted by Crippen LogP contribution is 2.29. The lowest BCUT2D eigenvalue weighted by atomic mass is 9.95. The highest BCUT2D eigenvalue weighted by molar-refractivity contribution is 7.18. The molecule has 2 heterocycles. The maximum atomic E-state index is 13.6. The molecule has 4 rings (SSSR count). The van der Waals surface area contributed by atoms with Crippen LogP contribution in [0.3, 0.4) is 0 Å². The number of likely N-dealkylation sites (tertiary alicyclic amines) is 1. The van der Waals surface area contributed by atoms with Crippen LogP contribution in [-0.4, -0.2) is 40.0 Å². The van der Waals surface area contributed by atoms with E-state index in [1.165, 1.54) is 6.08 Å². The van der Waals surface area contributed by atoms with Gasteiger partial charge in [0.25, 0.3) is 5.91 Å². The number of benzene rings is 2. The van der Waals surface area contributed by atoms with Gasteiger partial charge in [0.05, 0.1) is 15.8 Å². The number of carboxylic acids is 1. The van der Waals surface area contributed by atoms with Crippen molar-refractivity contribution < 1.29 is 19.4 Å². The molecule has 0 atom stereocenters. The fraction of sp³-hybridized carbons (Fsp3) is 0.321. The Labute approximate surface area is 209 Å². The van der Waals surface area contributed by atoms with Gasteiger partial charge in [-0.15, -0.1) is 11.3 Å². The predicted molar refractivity (Wildman–Crippen MR) is 140 cm³/mol. The maximum absolute atomic E-state index is 13.6. The third-order valence-corrected chi connectivity index (χ3v) is 7.05. The summed E-state index contributed by atoms with van der Waals surface area (Å²) in [5.74, 6) is -0.574. The Hall–Kier alpha value is -3.45. The van der Waals surface area contributed by atoms with Gasteiger partial charge in [-0.1, -0.05) is 31.2 Å². The van der Waals surface area contributed by atoms with Gasteiger partial charge in [0, 0.05) is 18.7 Å². The van der Waals surface area contributed by atoms with Gasteiger partial charge in [-0.25, -0.2) is 9.78 Å². The molecule has 2 aromatic carbocycles. The largest absolute Gasteiger partial charge is 0.486 e. The molecule has 0 radical (unpaired) electrons. The molecule has 182 valence electrons. The molecule has 1 aliphatic heterocycles. The highest BCUT2D eigenvalue weighted by atomic mass is 32.1. The third-order valence-electron chi connectivity index (χ3n) is 6.04. The Morgan fingerprint density at radius 2 is 1.91 bits per heavy atom. The first-order valence-electron chi connectivity index (χ1n) is 12.0. The predicted octanol–water partition coefficient (Wildman–Crippen LogP) is 6.00. The van der Waals surface area contributed by atoms with Crippen LogP contribution < -0.4 is 4.74 Å². The van der Waals surface area contributed by atoms with Crippen LogP contribution in [0.4, 0.5) is 0 Å². The van der Waals surface area contributed by atoms with Gasteiger partial charge in [-0.2, -0.15) is 0 Å². The first kappa shape index (κ1) is 24.7. The number of aliphatic carboxylic acids is 1. The van der Waals surface area contributed by atoms with E-state index < -0.39 is 5.97 Å². The van der Waals surface area contributed by atoms with Gasteiger partial charge in [0.15, 0.2) is 0 Å². The maximum Gasteiger partial charge on any atom is 0.335 e. The van der Waals surface area contributed by atoms with Gasteiger partial charge >= 0.3 is 5.97 Å². The number of allylic oxidation sites excluding steroid dienone is 1. The summed E-state index contributed by atoms with van der Waals surface area (Å²) >= 11 is 1.59. The molecule has 35 heavy (non-hydrogen) atoms. The fourth-order valence-electron chi connectivity index (χ4n) is 4.21. The molecule has 1 amide bonds. The molecule has 7 heteroatoms. The first-order chi connectivity index (χ1) is 17.0.